The van der Waals surface area contributed by atoms with E-state index in [1.54, 1.807) is 19.1 Å². The average molecular weight is 427 g/mol. The fourth-order valence-electron chi connectivity index (χ4n) is 3.25. The molecule has 2 amide bonds. The number of hydrogen-bond acceptors (Lipinski definition) is 4. The van der Waals surface area contributed by atoms with Crippen LogP contribution in [0.15, 0.2) is 33.5 Å². The minimum Gasteiger partial charge on any atom is -0.341 e. The maximum atomic E-state index is 13.1. The molecule has 0 aromatic heterocycles. The molecule has 3 rings (SSSR count). The predicted octanol–water partition coefficient (Wildman–Crippen LogP) is 3.58. The van der Waals surface area contributed by atoms with E-state index in [9.17, 15) is 18.2 Å². The molecule has 2 fully saturated rings. The molecule has 2 aliphatic rings. The Morgan fingerprint density at radius 3 is 2.57 bits per heavy atom. The molecule has 1 aromatic rings. The Bertz CT molecular complexity index is 830. The van der Waals surface area contributed by atoms with Gasteiger partial charge in [-0.15, -0.1) is 11.8 Å². The quantitative estimate of drug-likeness (QED) is 0.675. The van der Waals surface area contributed by atoms with Crippen molar-refractivity contribution < 1.29 is 18.2 Å². The van der Waals surface area contributed by atoms with Crippen LogP contribution in [0.25, 0.3) is 0 Å². The maximum absolute atomic E-state index is 13.1. The van der Waals surface area contributed by atoms with E-state index in [1.807, 2.05) is 4.90 Å². The van der Waals surface area contributed by atoms with Crippen LogP contribution in [-0.4, -0.2) is 51.3 Å². The lowest BCUT2D eigenvalue weighted by molar-refractivity contribution is -0.137. The van der Waals surface area contributed by atoms with Crippen molar-refractivity contribution in [1.29, 1.82) is 0 Å². The molecule has 0 radical (unpaired) electrons. The van der Waals surface area contributed by atoms with Crippen LogP contribution in [0.3, 0.4) is 0 Å². The zero-order chi connectivity index (χ0) is 20.1. The van der Waals surface area contributed by atoms with Crippen LogP contribution in [-0.2, 0) is 19.3 Å². The van der Waals surface area contributed by atoms with Gasteiger partial charge in [0.1, 0.15) is 5.82 Å². The Morgan fingerprint density at radius 1 is 1.21 bits per heavy atom. The van der Waals surface area contributed by atoms with Crippen molar-refractivity contribution in [1.82, 2.24) is 4.90 Å². The van der Waals surface area contributed by atoms with Gasteiger partial charge >= 0.3 is 0 Å². The van der Waals surface area contributed by atoms with Crippen molar-refractivity contribution in [3.8, 4) is 0 Å². The van der Waals surface area contributed by atoms with Crippen molar-refractivity contribution in [3.05, 3.63) is 30.1 Å². The Balaban J connectivity index is 1.56. The van der Waals surface area contributed by atoms with Crippen LogP contribution in [0.5, 0.6) is 0 Å². The molecule has 1 aromatic carbocycles. The first kappa shape index (κ1) is 21.3. The molecule has 0 bridgehead atoms. The van der Waals surface area contributed by atoms with Crippen LogP contribution in [0.1, 0.15) is 32.6 Å². The summed E-state index contributed by atoms with van der Waals surface area (Å²) in [5.74, 6) is 0.429. The summed E-state index contributed by atoms with van der Waals surface area (Å²) < 4.78 is 30.2. The van der Waals surface area contributed by atoms with Crippen molar-refractivity contribution in [2.24, 2.45) is 16.2 Å². The Morgan fingerprint density at radius 2 is 1.93 bits per heavy atom. The van der Waals surface area contributed by atoms with E-state index in [-0.39, 0.29) is 35.2 Å². The SMILES string of the molecule is CC(CSc1ccc(F)cc1)C(=O)N=S1(=O)CCCN(C(=O)C2CCC2)CC1. The number of carbonyl (C=O) groups is 2. The van der Waals surface area contributed by atoms with Crippen LogP contribution in [0, 0.1) is 17.7 Å². The summed E-state index contributed by atoms with van der Waals surface area (Å²) in [6, 6.07) is 6.12. The highest BCUT2D eigenvalue weighted by molar-refractivity contribution is 7.99. The molecular weight excluding hydrogens is 399 g/mol. The third-order valence-electron chi connectivity index (χ3n) is 5.33. The number of thioether (sulfide) groups is 1. The molecule has 1 heterocycles. The summed E-state index contributed by atoms with van der Waals surface area (Å²) in [5.41, 5.74) is 0. The van der Waals surface area contributed by atoms with Crippen LogP contribution >= 0.6 is 11.8 Å². The summed E-state index contributed by atoms with van der Waals surface area (Å²) >= 11 is 1.45. The molecule has 1 saturated heterocycles. The van der Waals surface area contributed by atoms with E-state index in [4.69, 9.17) is 0 Å². The Labute approximate surface area is 170 Å². The summed E-state index contributed by atoms with van der Waals surface area (Å²) in [6.45, 7) is 2.80. The molecule has 2 unspecified atom stereocenters. The topological polar surface area (TPSA) is 66.8 Å². The van der Waals surface area contributed by atoms with Gasteiger partial charge in [-0.05, 0) is 43.5 Å². The standard InChI is InChI=1S/C20H27FN2O3S2/c1-15(14-27-18-8-6-17(21)7-9-18)19(24)22-28(26)12-3-10-23(11-13-28)20(25)16-4-2-5-16/h6-9,15-16H,2-5,10-14H2,1H3. The molecule has 1 aliphatic carbocycles. The van der Waals surface area contributed by atoms with Crippen LogP contribution < -0.4 is 0 Å². The van der Waals surface area contributed by atoms with E-state index in [0.717, 1.165) is 24.2 Å². The zero-order valence-electron chi connectivity index (χ0n) is 16.1. The number of nitrogens with zero attached hydrogens (tertiary/aromatic N) is 2. The van der Waals surface area contributed by atoms with Crippen molar-refractivity contribution in [2.45, 2.75) is 37.5 Å². The Kier molecular flexibility index (Phi) is 7.15. The summed E-state index contributed by atoms with van der Waals surface area (Å²) in [4.78, 5) is 27.6. The van der Waals surface area contributed by atoms with Gasteiger partial charge in [-0.1, -0.05) is 13.3 Å². The molecule has 2 atom stereocenters. The van der Waals surface area contributed by atoms with Crippen molar-refractivity contribution >= 4 is 33.3 Å². The molecule has 0 N–H and O–H groups in total. The number of amides is 2. The minimum absolute atomic E-state index is 0.135. The third kappa shape index (κ3) is 5.56. The molecule has 1 saturated carbocycles. The highest BCUT2D eigenvalue weighted by Gasteiger charge is 2.31. The second-order valence-electron chi connectivity index (χ2n) is 7.58. The van der Waals surface area contributed by atoms with E-state index in [0.29, 0.717) is 31.0 Å². The molecule has 0 spiro atoms. The number of halogens is 1. The maximum Gasteiger partial charge on any atom is 0.257 e. The third-order valence-corrected chi connectivity index (χ3v) is 8.86. The number of hydrogen-bond donors (Lipinski definition) is 0. The predicted molar refractivity (Wildman–Crippen MR) is 110 cm³/mol. The average Bonchev–Trinajstić information content (AvgIpc) is 2.81. The van der Waals surface area contributed by atoms with Gasteiger partial charge in [0.15, 0.2) is 0 Å². The van der Waals surface area contributed by atoms with E-state index < -0.39 is 9.73 Å². The van der Waals surface area contributed by atoms with Crippen LogP contribution in [0.2, 0.25) is 0 Å². The first-order chi connectivity index (χ1) is 13.4. The van der Waals surface area contributed by atoms with Crippen LogP contribution in [0.4, 0.5) is 4.39 Å². The van der Waals surface area contributed by atoms with Gasteiger partial charge < -0.3 is 4.90 Å². The highest BCUT2D eigenvalue weighted by atomic mass is 32.2. The number of benzene rings is 1. The highest BCUT2D eigenvalue weighted by Crippen LogP contribution is 2.29. The lowest BCUT2D eigenvalue weighted by Crippen LogP contribution is -2.40. The molecule has 5 nitrogen and oxygen atoms in total. The first-order valence-electron chi connectivity index (χ1n) is 9.80. The molecule has 154 valence electrons. The van der Waals surface area contributed by atoms with Crippen molar-refractivity contribution in [2.75, 3.05) is 30.3 Å². The lowest BCUT2D eigenvalue weighted by Gasteiger charge is -2.30. The summed E-state index contributed by atoms with van der Waals surface area (Å²) in [5, 5.41) is 0. The monoisotopic (exact) mass is 426 g/mol. The van der Waals surface area contributed by atoms with Gasteiger partial charge in [-0.25, -0.2) is 8.60 Å². The molecule has 28 heavy (non-hydrogen) atoms. The van der Waals surface area contributed by atoms with Gasteiger partial charge in [0.2, 0.25) is 5.91 Å². The summed E-state index contributed by atoms with van der Waals surface area (Å²) in [7, 11) is -2.62. The van der Waals surface area contributed by atoms with Gasteiger partial charge in [0, 0.05) is 47.1 Å². The zero-order valence-corrected chi connectivity index (χ0v) is 17.8. The molecule has 1 aliphatic heterocycles. The normalized spacial score (nSPS) is 24.1. The lowest BCUT2D eigenvalue weighted by atomic mass is 9.84. The molecule has 8 heteroatoms. The van der Waals surface area contributed by atoms with Gasteiger partial charge in [-0.3, -0.25) is 9.59 Å². The number of rotatable bonds is 5. The van der Waals surface area contributed by atoms with Crippen molar-refractivity contribution in [3.63, 3.8) is 0 Å². The minimum atomic E-state index is -2.62. The fourth-order valence-corrected chi connectivity index (χ4v) is 6.14. The molecular formula is C20H27FN2O3S2. The first-order valence-corrected chi connectivity index (χ1v) is 12.6. The van der Waals surface area contributed by atoms with Gasteiger partial charge in [0.05, 0.1) is 9.73 Å². The van der Waals surface area contributed by atoms with Gasteiger partial charge in [0.25, 0.3) is 5.91 Å². The van der Waals surface area contributed by atoms with E-state index in [1.165, 1.54) is 23.9 Å². The number of carbonyl (C=O) groups excluding carboxylic acids is 2. The second-order valence-corrected chi connectivity index (χ2v) is 11.2. The smallest absolute Gasteiger partial charge is 0.257 e. The van der Waals surface area contributed by atoms with E-state index in [2.05, 4.69) is 4.36 Å². The fraction of sp³-hybridized carbons (Fsp3) is 0.600. The largest absolute Gasteiger partial charge is 0.341 e. The van der Waals surface area contributed by atoms with Gasteiger partial charge in [-0.2, -0.15) is 4.36 Å². The van der Waals surface area contributed by atoms with E-state index >= 15 is 0 Å². The summed E-state index contributed by atoms with van der Waals surface area (Å²) in [6.07, 6.45) is 3.64. The Hall–Kier alpha value is -1.41. The second kappa shape index (κ2) is 9.39.